The predicted molar refractivity (Wildman–Crippen MR) is 150 cm³/mol. The summed E-state index contributed by atoms with van der Waals surface area (Å²) in [6.45, 7) is 3.82. The van der Waals surface area contributed by atoms with Crippen molar-refractivity contribution in [2.75, 3.05) is 19.4 Å². The summed E-state index contributed by atoms with van der Waals surface area (Å²) in [5, 5.41) is 16.5. The van der Waals surface area contributed by atoms with Crippen LogP contribution >= 0.6 is 11.3 Å². The highest BCUT2D eigenvalue weighted by Crippen LogP contribution is 2.42. The van der Waals surface area contributed by atoms with Crippen molar-refractivity contribution in [3.8, 4) is 5.69 Å². The molecule has 8 nitrogen and oxygen atoms in total. The van der Waals surface area contributed by atoms with Gasteiger partial charge in [-0.15, -0.1) is 10.2 Å². The Morgan fingerprint density at radius 2 is 1.79 bits per heavy atom. The number of benzene rings is 3. The summed E-state index contributed by atoms with van der Waals surface area (Å²) in [5.41, 5.74) is 4.06. The van der Waals surface area contributed by atoms with E-state index in [-0.39, 0.29) is 23.3 Å². The van der Waals surface area contributed by atoms with Gasteiger partial charge in [0.1, 0.15) is 11.3 Å². The number of carbonyl (C=O) groups is 2. The molecule has 0 saturated heterocycles. The third kappa shape index (κ3) is 5.03. The van der Waals surface area contributed by atoms with E-state index in [4.69, 9.17) is 0 Å². The first-order chi connectivity index (χ1) is 18.7. The van der Waals surface area contributed by atoms with Crippen molar-refractivity contribution < 1.29 is 14.0 Å². The molecule has 0 saturated carbocycles. The molecule has 5 aromatic rings. The molecule has 3 aromatic carbocycles. The van der Waals surface area contributed by atoms with Crippen molar-refractivity contribution in [2.24, 2.45) is 5.41 Å². The number of amides is 2. The van der Waals surface area contributed by atoms with Gasteiger partial charge < -0.3 is 10.2 Å². The highest BCUT2D eigenvalue weighted by molar-refractivity contribution is 7.13. The molecule has 0 radical (unpaired) electrons. The van der Waals surface area contributed by atoms with Crippen LogP contribution < -0.4 is 5.32 Å². The van der Waals surface area contributed by atoms with Crippen molar-refractivity contribution in [1.82, 2.24) is 24.9 Å². The second kappa shape index (κ2) is 10.4. The summed E-state index contributed by atoms with van der Waals surface area (Å²) in [4.78, 5) is 27.7. The van der Waals surface area contributed by atoms with Gasteiger partial charge >= 0.3 is 0 Å². The maximum absolute atomic E-state index is 14.1. The predicted octanol–water partition coefficient (Wildman–Crippen LogP) is 5.51. The molecule has 1 unspecified atom stereocenters. The average molecular weight is 543 g/mol. The standard InChI is InChI=1S/C29H27FN6O2S/c1-29(2,27(38)33-28-34-31-17-39-28)25(18-8-6-5-7-9-18)19-10-12-23-20(14-19)16-32-36(23)24-13-11-21(30)15-22(24)26(37)35(3)4/h5-17,25H,1-4H3,(H,33,34,38). The number of halogens is 1. The lowest BCUT2D eigenvalue weighted by molar-refractivity contribution is -0.124. The van der Waals surface area contributed by atoms with Crippen LogP contribution in [0.25, 0.3) is 16.6 Å². The number of aromatic nitrogens is 4. The summed E-state index contributed by atoms with van der Waals surface area (Å²) in [6.07, 6.45) is 1.71. The van der Waals surface area contributed by atoms with Gasteiger partial charge in [-0.05, 0) is 41.5 Å². The minimum atomic E-state index is -0.862. The van der Waals surface area contributed by atoms with Crippen LogP contribution in [0.3, 0.4) is 0 Å². The molecule has 2 amide bonds. The fraction of sp³-hybridized carbons (Fsp3) is 0.207. The lowest BCUT2D eigenvalue weighted by Gasteiger charge is -2.33. The lowest BCUT2D eigenvalue weighted by atomic mass is 9.70. The van der Waals surface area contributed by atoms with Crippen LogP contribution in [0.4, 0.5) is 9.52 Å². The van der Waals surface area contributed by atoms with Crippen molar-refractivity contribution in [3.63, 3.8) is 0 Å². The Labute approximate surface area is 229 Å². The first-order valence-electron chi connectivity index (χ1n) is 12.3. The molecule has 10 heteroatoms. The summed E-state index contributed by atoms with van der Waals surface area (Å²) < 4.78 is 15.7. The molecular formula is C29H27FN6O2S. The lowest BCUT2D eigenvalue weighted by Crippen LogP contribution is -2.37. The van der Waals surface area contributed by atoms with Crippen LogP contribution in [0.1, 0.15) is 41.3 Å². The fourth-order valence-corrected chi connectivity index (χ4v) is 5.26. The number of nitrogens with zero attached hydrogens (tertiary/aromatic N) is 5. The molecule has 0 spiro atoms. The number of nitrogens with one attached hydrogen (secondary N) is 1. The molecule has 2 heterocycles. The zero-order valence-corrected chi connectivity index (χ0v) is 22.7. The van der Waals surface area contributed by atoms with Crippen LogP contribution in [-0.4, -0.2) is 50.8 Å². The third-order valence-corrected chi connectivity index (χ3v) is 7.38. The highest BCUT2D eigenvalue weighted by atomic mass is 32.1. The van der Waals surface area contributed by atoms with Gasteiger partial charge in [0.2, 0.25) is 11.0 Å². The molecule has 0 aliphatic carbocycles. The van der Waals surface area contributed by atoms with E-state index in [1.165, 1.54) is 28.4 Å². The van der Waals surface area contributed by atoms with E-state index in [1.807, 2.05) is 62.4 Å². The van der Waals surface area contributed by atoms with Gasteiger partial charge in [-0.3, -0.25) is 9.59 Å². The summed E-state index contributed by atoms with van der Waals surface area (Å²) >= 11 is 1.26. The van der Waals surface area contributed by atoms with Crippen molar-refractivity contribution in [3.05, 3.63) is 101 Å². The van der Waals surface area contributed by atoms with Gasteiger partial charge in [0.25, 0.3) is 5.91 Å². The topological polar surface area (TPSA) is 93.0 Å². The smallest absolute Gasteiger partial charge is 0.255 e. The van der Waals surface area contributed by atoms with Gasteiger partial charge in [0.05, 0.1) is 28.4 Å². The van der Waals surface area contributed by atoms with Crippen molar-refractivity contribution >= 4 is 39.2 Å². The largest absolute Gasteiger partial charge is 0.345 e. The van der Waals surface area contributed by atoms with Gasteiger partial charge in [-0.2, -0.15) is 5.10 Å². The van der Waals surface area contributed by atoms with Gasteiger partial charge in [-0.25, -0.2) is 9.07 Å². The molecular weight excluding hydrogens is 515 g/mol. The first kappa shape index (κ1) is 26.2. The van der Waals surface area contributed by atoms with Crippen LogP contribution in [0.2, 0.25) is 0 Å². The average Bonchev–Trinajstić information content (AvgIpc) is 3.58. The molecule has 0 bridgehead atoms. The Morgan fingerprint density at radius 1 is 1.03 bits per heavy atom. The number of hydrogen-bond donors (Lipinski definition) is 1. The number of fused-ring (bicyclic) bond motifs is 1. The van der Waals surface area contributed by atoms with E-state index < -0.39 is 11.2 Å². The Morgan fingerprint density at radius 3 is 2.49 bits per heavy atom. The quantitative estimate of drug-likeness (QED) is 0.293. The summed E-state index contributed by atoms with van der Waals surface area (Å²) in [5.74, 6) is -1.29. The maximum atomic E-state index is 14.1. The Hall–Kier alpha value is -4.44. The van der Waals surface area contributed by atoms with E-state index >= 15 is 0 Å². The fourth-order valence-electron chi connectivity index (χ4n) is 4.82. The molecule has 1 atom stereocenters. The van der Waals surface area contributed by atoms with Crippen LogP contribution in [-0.2, 0) is 4.79 Å². The Kier molecular flexibility index (Phi) is 6.96. The van der Waals surface area contributed by atoms with Gasteiger partial charge in [-0.1, -0.05) is 61.6 Å². The van der Waals surface area contributed by atoms with Crippen LogP contribution in [0, 0.1) is 11.2 Å². The highest BCUT2D eigenvalue weighted by Gasteiger charge is 2.39. The second-order valence-electron chi connectivity index (χ2n) is 10.00. The summed E-state index contributed by atoms with van der Waals surface area (Å²) in [6, 6.07) is 19.9. The molecule has 0 aliphatic rings. The molecule has 0 fully saturated rings. The minimum absolute atomic E-state index is 0.179. The Balaban J connectivity index is 1.59. The molecule has 39 heavy (non-hydrogen) atoms. The minimum Gasteiger partial charge on any atom is -0.345 e. The van der Waals surface area contributed by atoms with Gasteiger partial charge in [0, 0.05) is 25.4 Å². The van der Waals surface area contributed by atoms with Crippen LogP contribution in [0.5, 0.6) is 0 Å². The third-order valence-electron chi connectivity index (χ3n) is 6.77. The Bertz CT molecular complexity index is 1650. The maximum Gasteiger partial charge on any atom is 0.255 e. The normalized spacial score (nSPS) is 12.3. The monoisotopic (exact) mass is 542 g/mol. The van der Waals surface area contributed by atoms with Gasteiger partial charge in [0.15, 0.2) is 0 Å². The van der Waals surface area contributed by atoms with E-state index in [0.717, 1.165) is 22.0 Å². The first-order valence-corrected chi connectivity index (χ1v) is 13.2. The van der Waals surface area contributed by atoms with E-state index in [9.17, 15) is 14.0 Å². The number of carbonyl (C=O) groups excluding carboxylic acids is 2. The molecule has 198 valence electrons. The second-order valence-corrected chi connectivity index (χ2v) is 10.8. The molecule has 0 aliphatic heterocycles. The molecule has 1 N–H and O–H groups in total. The molecule has 2 aromatic heterocycles. The van der Waals surface area contributed by atoms with Crippen LogP contribution in [0.15, 0.2) is 78.4 Å². The zero-order valence-electron chi connectivity index (χ0n) is 21.9. The van der Waals surface area contributed by atoms with E-state index in [1.54, 1.807) is 36.6 Å². The SMILES string of the molecule is CN(C)C(=O)c1cc(F)ccc1-n1ncc2cc(C(c3ccccc3)C(C)(C)C(=O)Nc3nncs3)ccc21. The van der Waals surface area contributed by atoms with Crippen molar-refractivity contribution in [1.29, 1.82) is 0 Å². The number of anilines is 1. The number of hydrogen-bond acceptors (Lipinski definition) is 6. The van der Waals surface area contributed by atoms with E-state index in [0.29, 0.717) is 10.8 Å². The van der Waals surface area contributed by atoms with E-state index in [2.05, 4.69) is 20.6 Å². The molecule has 5 rings (SSSR count). The summed E-state index contributed by atoms with van der Waals surface area (Å²) in [7, 11) is 3.24. The van der Waals surface area contributed by atoms with Crippen molar-refractivity contribution in [2.45, 2.75) is 19.8 Å². The number of rotatable bonds is 7. The zero-order chi connectivity index (χ0) is 27.7.